The summed E-state index contributed by atoms with van der Waals surface area (Å²) >= 11 is 0. The summed E-state index contributed by atoms with van der Waals surface area (Å²) in [6.07, 6.45) is 3.30. The zero-order chi connectivity index (χ0) is 24.1. The first-order valence-electron chi connectivity index (χ1n) is 11.1. The van der Waals surface area contributed by atoms with Gasteiger partial charge in [0.1, 0.15) is 11.5 Å². The lowest BCUT2D eigenvalue weighted by molar-refractivity contribution is -0.125. The SMILES string of the molecule is CC1(C)OC(c2cccc(C3=C(c4ccccn4)C(=O)C(C)(C)O3)c2)=C(c2ccccn2)C1=O. The van der Waals surface area contributed by atoms with Gasteiger partial charge in [0.25, 0.3) is 0 Å². The Bertz CT molecular complexity index is 1270. The van der Waals surface area contributed by atoms with Crippen molar-refractivity contribution in [2.75, 3.05) is 0 Å². The molecule has 3 aromatic rings. The number of benzene rings is 1. The highest BCUT2D eigenvalue weighted by atomic mass is 16.5. The van der Waals surface area contributed by atoms with Gasteiger partial charge in [-0.15, -0.1) is 0 Å². The maximum atomic E-state index is 13.2. The molecule has 0 bridgehead atoms. The molecule has 0 amide bonds. The summed E-state index contributed by atoms with van der Waals surface area (Å²) in [6.45, 7) is 6.99. The van der Waals surface area contributed by atoms with E-state index in [0.717, 1.165) is 0 Å². The Morgan fingerprint density at radius 2 is 1.06 bits per heavy atom. The normalized spacial score (nSPS) is 18.8. The highest BCUT2D eigenvalue weighted by molar-refractivity contribution is 6.33. The van der Waals surface area contributed by atoms with Gasteiger partial charge in [0, 0.05) is 23.5 Å². The predicted octanol–water partition coefficient (Wildman–Crippen LogP) is 4.97. The molecule has 4 heterocycles. The minimum Gasteiger partial charge on any atom is -0.478 e. The Balaban J connectivity index is 1.68. The maximum Gasteiger partial charge on any atom is 0.211 e. The Morgan fingerprint density at radius 3 is 1.44 bits per heavy atom. The van der Waals surface area contributed by atoms with Crippen LogP contribution in [-0.4, -0.2) is 32.7 Å². The summed E-state index contributed by atoms with van der Waals surface area (Å²) in [7, 11) is 0. The number of ketones is 2. The molecule has 0 spiro atoms. The van der Waals surface area contributed by atoms with E-state index in [0.29, 0.717) is 45.2 Å². The van der Waals surface area contributed by atoms with Crippen molar-refractivity contribution in [3.8, 4) is 0 Å². The van der Waals surface area contributed by atoms with E-state index < -0.39 is 11.2 Å². The van der Waals surface area contributed by atoms with Crippen LogP contribution in [0, 0.1) is 0 Å². The molecule has 0 saturated carbocycles. The zero-order valence-corrected chi connectivity index (χ0v) is 19.5. The second-order valence-electron chi connectivity index (χ2n) is 9.30. The number of Topliss-reactive ketones (excluding diaryl/α,β-unsaturated/α-hetero) is 2. The number of rotatable bonds is 4. The lowest BCUT2D eigenvalue weighted by Crippen LogP contribution is -2.29. The number of hydrogen-bond acceptors (Lipinski definition) is 6. The van der Waals surface area contributed by atoms with E-state index in [1.807, 2.05) is 36.4 Å². The second-order valence-corrected chi connectivity index (χ2v) is 9.30. The Labute approximate surface area is 198 Å². The summed E-state index contributed by atoms with van der Waals surface area (Å²) in [4.78, 5) is 35.2. The first-order chi connectivity index (χ1) is 16.2. The van der Waals surface area contributed by atoms with Crippen molar-refractivity contribution < 1.29 is 19.1 Å². The molecule has 0 atom stereocenters. The minimum absolute atomic E-state index is 0.131. The quantitative estimate of drug-likeness (QED) is 0.556. The van der Waals surface area contributed by atoms with E-state index in [-0.39, 0.29) is 11.6 Å². The third-order valence-corrected chi connectivity index (χ3v) is 5.95. The Morgan fingerprint density at radius 1 is 0.618 bits per heavy atom. The van der Waals surface area contributed by atoms with Crippen LogP contribution in [-0.2, 0) is 19.1 Å². The van der Waals surface area contributed by atoms with Gasteiger partial charge in [-0.2, -0.15) is 0 Å². The standard InChI is InChI=1S/C28H24N2O4/c1-27(2)25(31)21(19-12-5-7-14-29-19)23(33-27)17-10-9-11-18(16-17)24-22(20-13-6-8-15-30-20)26(32)28(3,4)34-24/h5-16H,1-4H3. The van der Waals surface area contributed by atoms with Gasteiger partial charge in [0.2, 0.25) is 11.6 Å². The van der Waals surface area contributed by atoms with Crippen molar-refractivity contribution >= 4 is 34.2 Å². The fourth-order valence-electron chi connectivity index (χ4n) is 4.21. The lowest BCUT2D eigenvalue weighted by Gasteiger charge is -2.19. The Kier molecular flexibility index (Phi) is 4.97. The fraction of sp³-hybridized carbons (Fsp3) is 0.214. The molecule has 0 fully saturated rings. The fourth-order valence-corrected chi connectivity index (χ4v) is 4.21. The van der Waals surface area contributed by atoms with E-state index >= 15 is 0 Å². The number of hydrogen-bond donors (Lipinski definition) is 0. The summed E-state index contributed by atoms with van der Waals surface area (Å²) in [5.41, 5.74) is 1.35. The van der Waals surface area contributed by atoms with Crippen molar-refractivity contribution in [3.05, 3.63) is 95.6 Å². The van der Waals surface area contributed by atoms with E-state index in [4.69, 9.17) is 9.47 Å². The molecule has 0 unspecified atom stereocenters. The van der Waals surface area contributed by atoms with Gasteiger partial charge in [0.05, 0.1) is 22.5 Å². The Hall–Kier alpha value is -4.06. The number of aromatic nitrogens is 2. The molecule has 5 rings (SSSR count). The third-order valence-electron chi connectivity index (χ3n) is 5.95. The molecule has 2 aromatic heterocycles. The van der Waals surface area contributed by atoms with Crippen LogP contribution in [0.4, 0.5) is 0 Å². The lowest BCUT2D eigenvalue weighted by atomic mass is 9.94. The molecule has 0 saturated heterocycles. The van der Waals surface area contributed by atoms with E-state index in [9.17, 15) is 9.59 Å². The van der Waals surface area contributed by atoms with Crippen LogP contribution in [0.15, 0.2) is 73.1 Å². The molecular formula is C28H24N2O4. The van der Waals surface area contributed by atoms with Crippen LogP contribution in [0.1, 0.15) is 50.2 Å². The topological polar surface area (TPSA) is 78.4 Å². The van der Waals surface area contributed by atoms with Gasteiger partial charge < -0.3 is 9.47 Å². The van der Waals surface area contributed by atoms with Crippen molar-refractivity contribution in [2.45, 2.75) is 38.9 Å². The summed E-state index contributed by atoms with van der Waals surface area (Å²) < 4.78 is 12.3. The molecule has 34 heavy (non-hydrogen) atoms. The average Bonchev–Trinajstić information content (AvgIpc) is 3.23. The van der Waals surface area contributed by atoms with Crippen LogP contribution in [0.3, 0.4) is 0 Å². The maximum absolute atomic E-state index is 13.2. The van der Waals surface area contributed by atoms with Crippen LogP contribution in [0.2, 0.25) is 0 Å². The minimum atomic E-state index is -1.02. The second kappa shape index (κ2) is 7.76. The summed E-state index contributed by atoms with van der Waals surface area (Å²) in [6, 6.07) is 18.4. The third kappa shape index (κ3) is 3.52. The van der Waals surface area contributed by atoms with Crippen LogP contribution < -0.4 is 0 Å². The molecule has 6 heteroatoms. The zero-order valence-electron chi connectivity index (χ0n) is 19.5. The molecular weight excluding hydrogens is 428 g/mol. The first kappa shape index (κ1) is 21.8. The van der Waals surface area contributed by atoms with Crippen molar-refractivity contribution in [1.82, 2.24) is 9.97 Å². The largest absolute Gasteiger partial charge is 0.478 e. The molecule has 0 aliphatic carbocycles. The van der Waals surface area contributed by atoms with E-state index in [1.165, 1.54) is 0 Å². The summed E-state index contributed by atoms with van der Waals surface area (Å²) in [5, 5.41) is 0. The molecule has 0 N–H and O–H groups in total. The van der Waals surface area contributed by atoms with E-state index in [1.54, 1.807) is 64.4 Å². The molecule has 1 aromatic carbocycles. The average molecular weight is 453 g/mol. The molecule has 6 nitrogen and oxygen atoms in total. The van der Waals surface area contributed by atoms with Gasteiger partial charge >= 0.3 is 0 Å². The molecule has 0 radical (unpaired) electrons. The number of ether oxygens (including phenoxy) is 2. The van der Waals surface area contributed by atoms with Crippen molar-refractivity contribution in [2.24, 2.45) is 0 Å². The summed E-state index contributed by atoms with van der Waals surface area (Å²) in [5.74, 6) is 0.653. The van der Waals surface area contributed by atoms with Crippen LogP contribution in [0.25, 0.3) is 22.7 Å². The number of carbonyl (C=O) groups excluding carboxylic acids is 2. The van der Waals surface area contributed by atoms with Crippen LogP contribution in [0.5, 0.6) is 0 Å². The van der Waals surface area contributed by atoms with E-state index in [2.05, 4.69) is 9.97 Å². The smallest absolute Gasteiger partial charge is 0.211 e. The molecule has 2 aliphatic heterocycles. The van der Waals surface area contributed by atoms with Gasteiger partial charge in [-0.1, -0.05) is 30.3 Å². The van der Waals surface area contributed by atoms with Gasteiger partial charge in [-0.25, -0.2) is 0 Å². The van der Waals surface area contributed by atoms with Crippen LogP contribution >= 0.6 is 0 Å². The number of carbonyl (C=O) groups is 2. The van der Waals surface area contributed by atoms with Gasteiger partial charge in [-0.05, 0) is 58.0 Å². The number of pyridine rings is 2. The first-order valence-corrected chi connectivity index (χ1v) is 11.1. The number of nitrogens with zero attached hydrogens (tertiary/aromatic N) is 2. The van der Waals surface area contributed by atoms with Crippen molar-refractivity contribution in [1.29, 1.82) is 0 Å². The highest BCUT2D eigenvalue weighted by Gasteiger charge is 2.45. The molecule has 170 valence electrons. The highest BCUT2D eigenvalue weighted by Crippen LogP contribution is 2.44. The molecule has 2 aliphatic rings. The van der Waals surface area contributed by atoms with Gasteiger partial charge in [-0.3, -0.25) is 19.6 Å². The monoisotopic (exact) mass is 452 g/mol. The van der Waals surface area contributed by atoms with Gasteiger partial charge in [0.15, 0.2) is 11.2 Å². The van der Waals surface area contributed by atoms with Crippen molar-refractivity contribution in [3.63, 3.8) is 0 Å². The predicted molar refractivity (Wildman–Crippen MR) is 129 cm³/mol.